The van der Waals surface area contributed by atoms with Crippen molar-refractivity contribution in [2.45, 2.75) is 52.5 Å². The predicted molar refractivity (Wildman–Crippen MR) is 78.3 cm³/mol. The van der Waals surface area contributed by atoms with E-state index in [1.165, 1.54) is 0 Å². The number of carboxylic acid groups (broad SMARTS) is 1. The van der Waals surface area contributed by atoms with Crippen LogP contribution in [0.5, 0.6) is 0 Å². The average molecular weight is 282 g/mol. The zero-order valence-electron chi connectivity index (χ0n) is 12.7. The van der Waals surface area contributed by atoms with Crippen LogP contribution < -0.4 is 5.32 Å². The lowest BCUT2D eigenvalue weighted by Crippen LogP contribution is -2.45. The number of aliphatic carboxylic acids is 1. The third-order valence-electron chi connectivity index (χ3n) is 4.37. The van der Waals surface area contributed by atoms with E-state index in [1.54, 1.807) is 0 Å². The second-order valence-corrected chi connectivity index (χ2v) is 6.70. The highest BCUT2D eigenvalue weighted by Crippen LogP contribution is 2.40. The van der Waals surface area contributed by atoms with E-state index in [0.717, 1.165) is 25.7 Å². The van der Waals surface area contributed by atoms with Crippen molar-refractivity contribution in [3.63, 3.8) is 0 Å². The summed E-state index contributed by atoms with van der Waals surface area (Å²) < 4.78 is 0. The van der Waals surface area contributed by atoms with Crippen molar-refractivity contribution in [1.29, 1.82) is 0 Å². The van der Waals surface area contributed by atoms with Gasteiger partial charge in [0, 0.05) is 18.0 Å². The minimum atomic E-state index is -0.801. The maximum absolute atomic E-state index is 11.4. The molecule has 0 radical (unpaired) electrons. The number of hydrogen-bond acceptors (Lipinski definition) is 3. The van der Waals surface area contributed by atoms with Gasteiger partial charge in [0.1, 0.15) is 6.04 Å². The third-order valence-corrected chi connectivity index (χ3v) is 4.37. The van der Waals surface area contributed by atoms with Gasteiger partial charge in [0.25, 0.3) is 0 Å². The fourth-order valence-electron chi connectivity index (χ4n) is 3.09. The first-order valence-electron chi connectivity index (χ1n) is 7.33. The zero-order chi connectivity index (χ0) is 15.2. The average Bonchev–Trinajstić information content (AvgIpc) is 2.37. The van der Waals surface area contributed by atoms with Gasteiger partial charge in [0.15, 0.2) is 0 Å². The van der Waals surface area contributed by atoms with Gasteiger partial charge < -0.3 is 10.4 Å². The third kappa shape index (κ3) is 5.02. The number of carboxylic acids is 1. The van der Waals surface area contributed by atoms with Crippen LogP contribution in [0, 0.1) is 17.3 Å². The molecule has 1 saturated carbocycles. The Balaban J connectivity index is 2.49. The lowest BCUT2D eigenvalue weighted by Gasteiger charge is -2.38. The number of hydrogen-bond donors (Lipinski definition) is 2. The summed E-state index contributed by atoms with van der Waals surface area (Å²) in [6, 6.07) is -0.523. The first-order valence-corrected chi connectivity index (χ1v) is 7.33. The summed E-state index contributed by atoms with van der Waals surface area (Å²) in [7, 11) is 0. The molecule has 0 aromatic carbocycles. The van der Waals surface area contributed by atoms with Crippen LogP contribution in [0.2, 0.25) is 0 Å². The Hall–Kier alpha value is -1.26. The first kappa shape index (κ1) is 16.8. The molecule has 6 heteroatoms. The molecule has 1 atom stereocenters. The van der Waals surface area contributed by atoms with Gasteiger partial charge in [0.2, 0.25) is 0 Å². The summed E-state index contributed by atoms with van der Waals surface area (Å²) in [4.78, 5) is 14.0. The second kappa shape index (κ2) is 7.50. The Labute approximate surface area is 120 Å². The molecule has 1 aliphatic carbocycles. The van der Waals surface area contributed by atoms with Crippen molar-refractivity contribution in [2.24, 2.45) is 22.4 Å². The molecule has 1 aliphatic rings. The molecule has 0 aromatic rings. The monoisotopic (exact) mass is 282 g/mol. The molecular formula is C14H26N4O2. The highest BCUT2D eigenvalue weighted by Gasteiger charge is 2.35. The van der Waals surface area contributed by atoms with Gasteiger partial charge in [-0.15, -0.1) is 0 Å². The standard InChI is InChI=1S/C14H26N4O2/c1-14(2,3)11-6-4-10(5-7-11)12(13(19)20)16-8-9-17-18-15/h10-12,16H,4-9H2,1-3H3,(H,19,20). The largest absolute Gasteiger partial charge is 0.480 e. The van der Waals surface area contributed by atoms with E-state index in [0.29, 0.717) is 17.9 Å². The van der Waals surface area contributed by atoms with Crippen LogP contribution >= 0.6 is 0 Å². The molecule has 1 rings (SSSR count). The highest BCUT2D eigenvalue weighted by molar-refractivity contribution is 5.73. The van der Waals surface area contributed by atoms with E-state index in [4.69, 9.17) is 5.53 Å². The molecule has 0 amide bonds. The Kier molecular flexibility index (Phi) is 6.30. The van der Waals surface area contributed by atoms with E-state index < -0.39 is 12.0 Å². The van der Waals surface area contributed by atoms with Crippen molar-refractivity contribution < 1.29 is 9.90 Å². The summed E-state index contributed by atoms with van der Waals surface area (Å²) in [6.45, 7) is 7.47. The minimum absolute atomic E-state index is 0.178. The van der Waals surface area contributed by atoms with E-state index >= 15 is 0 Å². The Morgan fingerprint density at radius 2 is 2.00 bits per heavy atom. The molecule has 2 N–H and O–H groups in total. The van der Waals surface area contributed by atoms with Gasteiger partial charge in [-0.2, -0.15) is 0 Å². The number of nitrogens with one attached hydrogen (secondary N) is 1. The zero-order valence-corrected chi connectivity index (χ0v) is 12.7. The summed E-state index contributed by atoms with van der Waals surface area (Å²) >= 11 is 0. The van der Waals surface area contributed by atoms with Gasteiger partial charge in [-0.1, -0.05) is 25.9 Å². The summed E-state index contributed by atoms with van der Waals surface area (Å²) in [5.74, 6) is 0.0543. The quantitative estimate of drug-likeness (QED) is 0.339. The van der Waals surface area contributed by atoms with E-state index in [2.05, 4.69) is 36.1 Å². The number of carbonyl (C=O) groups is 1. The molecule has 0 heterocycles. The molecule has 1 unspecified atom stereocenters. The molecule has 0 bridgehead atoms. The van der Waals surface area contributed by atoms with Crippen LogP contribution in [-0.4, -0.2) is 30.2 Å². The summed E-state index contributed by atoms with van der Waals surface area (Å²) in [5, 5.41) is 15.8. The Morgan fingerprint density at radius 1 is 1.40 bits per heavy atom. The van der Waals surface area contributed by atoms with Gasteiger partial charge in [-0.05, 0) is 48.5 Å². The normalized spacial score (nSPS) is 24.8. The smallest absolute Gasteiger partial charge is 0.320 e. The highest BCUT2D eigenvalue weighted by atomic mass is 16.4. The van der Waals surface area contributed by atoms with Crippen LogP contribution in [0.15, 0.2) is 5.11 Å². The minimum Gasteiger partial charge on any atom is -0.480 e. The summed E-state index contributed by atoms with van der Waals surface area (Å²) in [5.41, 5.74) is 8.51. The predicted octanol–water partition coefficient (Wildman–Crippen LogP) is 3.19. The van der Waals surface area contributed by atoms with Crippen LogP contribution in [-0.2, 0) is 4.79 Å². The fourth-order valence-corrected chi connectivity index (χ4v) is 3.09. The second-order valence-electron chi connectivity index (χ2n) is 6.70. The van der Waals surface area contributed by atoms with Crippen molar-refractivity contribution in [2.75, 3.05) is 13.1 Å². The molecule has 0 saturated heterocycles. The molecule has 1 fully saturated rings. The molecule has 0 aromatic heterocycles. The number of rotatable bonds is 6. The van der Waals surface area contributed by atoms with E-state index in [9.17, 15) is 9.90 Å². The lowest BCUT2D eigenvalue weighted by molar-refractivity contribution is -0.141. The molecule has 6 nitrogen and oxygen atoms in total. The Morgan fingerprint density at radius 3 is 2.45 bits per heavy atom. The maximum atomic E-state index is 11.4. The number of azide groups is 1. The summed E-state index contributed by atoms with van der Waals surface area (Å²) in [6.07, 6.45) is 4.09. The van der Waals surface area contributed by atoms with Crippen molar-refractivity contribution in [3.05, 3.63) is 10.4 Å². The first-order chi connectivity index (χ1) is 9.36. The topological polar surface area (TPSA) is 98.1 Å². The van der Waals surface area contributed by atoms with Gasteiger partial charge in [-0.25, -0.2) is 0 Å². The van der Waals surface area contributed by atoms with Crippen molar-refractivity contribution in [1.82, 2.24) is 5.32 Å². The van der Waals surface area contributed by atoms with Crippen LogP contribution in [0.1, 0.15) is 46.5 Å². The maximum Gasteiger partial charge on any atom is 0.320 e. The molecule has 20 heavy (non-hydrogen) atoms. The fraction of sp³-hybridized carbons (Fsp3) is 0.929. The molecular weight excluding hydrogens is 256 g/mol. The van der Waals surface area contributed by atoms with Gasteiger partial charge >= 0.3 is 5.97 Å². The Bertz CT molecular complexity index is 364. The molecule has 0 spiro atoms. The molecule has 0 aliphatic heterocycles. The van der Waals surface area contributed by atoms with Crippen LogP contribution in [0.4, 0.5) is 0 Å². The number of nitrogens with zero attached hydrogens (tertiary/aromatic N) is 3. The van der Waals surface area contributed by atoms with Crippen molar-refractivity contribution in [3.8, 4) is 0 Å². The van der Waals surface area contributed by atoms with Gasteiger partial charge in [0.05, 0.1) is 0 Å². The van der Waals surface area contributed by atoms with E-state index in [1.807, 2.05) is 0 Å². The SMILES string of the molecule is CC(C)(C)C1CCC(C(NCCN=[N+]=[N-])C(=O)O)CC1. The van der Waals surface area contributed by atoms with E-state index in [-0.39, 0.29) is 12.5 Å². The lowest BCUT2D eigenvalue weighted by atomic mass is 9.68. The molecule has 114 valence electrons. The van der Waals surface area contributed by atoms with Crippen LogP contribution in [0.25, 0.3) is 10.4 Å². The van der Waals surface area contributed by atoms with Crippen molar-refractivity contribution >= 4 is 5.97 Å². The van der Waals surface area contributed by atoms with Gasteiger partial charge in [-0.3, -0.25) is 4.79 Å². The van der Waals surface area contributed by atoms with Crippen LogP contribution in [0.3, 0.4) is 0 Å².